The number of nitrogens with zero attached hydrogens (tertiary/aromatic N) is 4. The molecule has 0 aliphatic carbocycles. The van der Waals surface area contributed by atoms with Crippen molar-refractivity contribution in [3.8, 4) is 9.75 Å². The summed E-state index contributed by atoms with van der Waals surface area (Å²) in [5, 5.41) is 3.38. The fraction of sp³-hybridized carbons (Fsp3) is 0.444. The van der Waals surface area contributed by atoms with Crippen LogP contribution in [-0.4, -0.2) is 89.5 Å². The van der Waals surface area contributed by atoms with Crippen LogP contribution in [0.4, 0.5) is 0 Å². The van der Waals surface area contributed by atoms with Gasteiger partial charge in [0.05, 0.1) is 10.9 Å². The van der Waals surface area contributed by atoms with Gasteiger partial charge in [0.15, 0.2) is 5.16 Å². The molecule has 17 heteroatoms. The standard InChI is InChI=1S/C27H29ClN6O6S4/c28-21-7-5-19(42-21)20-6-8-23(43-20)44(39,40)31-18-4-2-9-32(26(18)38)15-22(35)33-10-1-3-16(33)13-29-24(36)17-14-30-27-34(25(17)37)11-12-41-27/h5-8,14,16,18,31H,1-4,9-13,15H2,(H,29,36)/t16-,18-/m0/s1. The molecule has 2 atom stereocenters. The minimum absolute atomic E-state index is 0.0331. The molecule has 6 heterocycles. The van der Waals surface area contributed by atoms with E-state index < -0.39 is 27.9 Å². The minimum atomic E-state index is -3.97. The Morgan fingerprint density at radius 1 is 1.02 bits per heavy atom. The van der Waals surface area contributed by atoms with Gasteiger partial charge in [-0.15, -0.1) is 22.7 Å². The van der Waals surface area contributed by atoms with E-state index in [0.29, 0.717) is 48.4 Å². The third kappa shape index (κ3) is 6.46. The molecule has 0 unspecified atom stereocenters. The number of thiophene rings is 2. The van der Waals surface area contributed by atoms with Crippen molar-refractivity contribution in [3.05, 3.63) is 50.7 Å². The molecule has 12 nitrogen and oxygen atoms in total. The quantitative estimate of drug-likeness (QED) is 0.324. The van der Waals surface area contributed by atoms with Gasteiger partial charge in [0.1, 0.15) is 15.8 Å². The fourth-order valence-corrected chi connectivity index (χ4v) is 10.2. The molecule has 0 bridgehead atoms. The second kappa shape index (κ2) is 12.9. The molecule has 0 aromatic carbocycles. The van der Waals surface area contributed by atoms with Gasteiger partial charge < -0.3 is 15.1 Å². The number of nitrogens with one attached hydrogen (secondary N) is 2. The predicted molar refractivity (Wildman–Crippen MR) is 169 cm³/mol. The molecule has 3 aliphatic heterocycles. The smallest absolute Gasteiger partial charge is 0.267 e. The van der Waals surface area contributed by atoms with Gasteiger partial charge in [-0.25, -0.2) is 13.4 Å². The van der Waals surface area contributed by atoms with Crippen LogP contribution < -0.4 is 15.6 Å². The number of likely N-dealkylation sites (tertiary alicyclic amines) is 2. The van der Waals surface area contributed by atoms with Crippen LogP contribution >= 0.6 is 46.0 Å². The molecule has 234 valence electrons. The van der Waals surface area contributed by atoms with Gasteiger partial charge in [-0.2, -0.15) is 4.72 Å². The van der Waals surface area contributed by atoms with Gasteiger partial charge in [0.2, 0.25) is 11.8 Å². The minimum Gasteiger partial charge on any atom is -0.350 e. The Morgan fingerprint density at radius 2 is 1.80 bits per heavy atom. The Labute approximate surface area is 270 Å². The van der Waals surface area contributed by atoms with Crippen LogP contribution in [-0.2, 0) is 26.2 Å². The number of carbonyl (C=O) groups is 3. The second-order valence-corrected chi connectivity index (χ2v) is 16.5. The van der Waals surface area contributed by atoms with E-state index in [1.807, 2.05) is 6.07 Å². The van der Waals surface area contributed by atoms with E-state index in [9.17, 15) is 27.6 Å². The number of hydrogen-bond donors (Lipinski definition) is 2. The van der Waals surface area contributed by atoms with Crippen molar-refractivity contribution >= 4 is 73.8 Å². The number of sulfonamides is 1. The summed E-state index contributed by atoms with van der Waals surface area (Å²) in [6.45, 7) is 1.31. The molecule has 0 spiro atoms. The van der Waals surface area contributed by atoms with Gasteiger partial charge in [0, 0.05) is 53.9 Å². The molecule has 0 saturated carbocycles. The summed E-state index contributed by atoms with van der Waals surface area (Å²) in [7, 11) is -3.97. The highest BCUT2D eigenvalue weighted by Crippen LogP contribution is 2.37. The molecule has 3 amide bonds. The highest BCUT2D eigenvalue weighted by molar-refractivity contribution is 7.99. The number of fused-ring (bicyclic) bond motifs is 1. The van der Waals surface area contributed by atoms with Crippen molar-refractivity contribution in [1.82, 2.24) is 29.4 Å². The van der Waals surface area contributed by atoms with E-state index in [0.717, 1.165) is 33.3 Å². The molecule has 0 radical (unpaired) electrons. The molecule has 2 saturated heterocycles. The highest BCUT2D eigenvalue weighted by atomic mass is 35.5. The molecule has 3 aromatic heterocycles. The van der Waals surface area contributed by atoms with Crippen LogP contribution in [0.15, 0.2) is 44.6 Å². The summed E-state index contributed by atoms with van der Waals surface area (Å²) in [6.07, 6.45) is 3.57. The van der Waals surface area contributed by atoms with Crippen LogP contribution in [0, 0.1) is 0 Å². The lowest BCUT2D eigenvalue weighted by Gasteiger charge is -2.34. The van der Waals surface area contributed by atoms with Crippen molar-refractivity contribution in [1.29, 1.82) is 0 Å². The van der Waals surface area contributed by atoms with Crippen LogP contribution in [0.3, 0.4) is 0 Å². The number of aromatic nitrogens is 2. The summed E-state index contributed by atoms with van der Waals surface area (Å²) >= 11 is 9.93. The number of piperidine rings is 1. The lowest BCUT2D eigenvalue weighted by atomic mass is 10.1. The molecule has 3 aliphatic rings. The van der Waals surface area contributed by atoms with Crippen LogP contribution in [0.2, 0.25) is 4.34 Å². The first-order valence-electron chi connectivity index (χ1n) is 14.1. The summed E-state index contributed by atoms with van der Waals surface area (Å²) < 4.78 is 31.0. The van der Waals surface area contributed by atoms with E-state index in [1.54, 1.807) is 17.0 Å². The van der Waals surface area contributed by atoms with Crippen molar-refractivity contribution < 1.29 is 22.8 Å². The van der Waals surface area contributed by atoms with Crippen molar-refractivity contribution in [2.24, 2.45) is 0 Å². The normalized spacial score (nSPS) is 20.2. The topological polar surface area (TPSA) is 151 Å². The number of carbonyl (C=O) groups excluding carboxylic acids is 3. The van der Waals surface area contributed by atoms with Crippen LogP contribution in [0.1, 0.15) is 36.0 Å². The lowest BCUT2D eigenvalue weighted by Crippen LogP contribution is -2.55. The highest BCUT2D eigenvalue weighted by Gasteiger charge is 2.36. The Balaban J connectivity index is 1.05. The predicted octanol–water partition coefficient (Wildman–Crippen LogP) is 2.48. The monoisotopic (exact) mass is 696 g/mol. The van der Waals surface area contributed by atoms with Crippen LogP contribution in [0.5, 0.6) is 0 Å². The van der Waals surface area contributed by atoms with Gasteiger partial charge in [-0.3, -0.25) is 23.7 Å². The van der Waals surface area contributed by atoms with Gasteiger partial charge in [0.25, 0.3) is 21.5 Å². The maximum atomic E-state index is 13.3. The van der Waals surface area contributed by atoms with E-state index >= 15 is 0 Å². The van der Waals surface area contributed by atoms with E-state index in [1.165, 1.54) is 44.8 Å². The van der Waals surface area contributed by atoms with E-state index in [4.69, 9.17) is 11.6 Å². The molecule has 2 fully saturated rings. The Kier molecular flexibility index (Phi) is 9.17. The Hall–Kier alpha value is -2.76. The van der Waals surface area contributed by atoms with Crippen molar-refractivity contribution in [2.75, 3.05) is 31.9 Å². The number of thioether (sulfide) groups is 1. The Bertz CT molecular complexity index is 1770. The van der Waals surface area contributed by atoms with E-state index in [2.05, 4.69) is 15.0 Å². The number of amides is 3. The maximum absolute atomic E-state index is 13.3. The second-order valence-electron chi connectivity index (χ2n) is 10.7. The van der Waals surface area contributed by atoms with Gasteiger partial charge in [-0.05, 0) is 49.9 Å². The Morgan fingerprint density at radius 3 is 2.59 bits per heavy atom. The first kappa shape index (κ1) is 31.2. The third-order valence-electron chi connectivity index (χ3n) is 7.81. The maximum Gasteiger partial charge on any atom is 0.267 e. The summed E-state index contributed by atoms with van der Waals surface area (Å²) in [5.74, 6) is -0.512. The average Bonchev–Trinajstić information content (AvgIpc) is 3.81. The number of rotatable bonds is 9. The van der Waals surface area contributed by atoms with Gasteiger partial charge in [-0.1, -0.05) is 23.4 Å². The third-order valence-corrected chi connectivity index (χ3v) is 13.3. The molecule has 44 heavy (non-hydrogen) atoms. The van der Waals surface area contributed by atoms with Crippen LogP contribution in [0.25, 0.3) is 9.75 Å². The van der Waals surface area contributed by atoms with Crippen molar-refractivity contribution in [2.45, 2.75) is 53.7 Å². The van der Waals surface area contributed by atoms with Crippen molar-refractivity contribution in [3.63, 3.8) is 0 Å². The van der Waals surface area contributed by atoms with Gasteiger partial charge >= 0.3 is 0 Å². The molecule has 6 rings (SSSR count). The summed E-state index contributed by atoms with van der Waals surface area (Å²) in [5.41, 5.74) is -0.410. The number of halogens is 1. The zero-order chi connectivity index (χ0) is 31.0. The summed E-state index contributed by atoms with van der Waals surface area (Å²) in [4.78, 5) is 61.0. The molecule has 2 N–H and O–H groups in total. The number of hydrogen-bond acceptors (Lipinski definition) is 10. The largest absolute Gasteiger partial charge is 0.350 e. The average molecular weight is 697 g/mol. The first-order chi connectivity index (χ1) is 21.1. The SMILES string of the molecule is O=C(NC[C@@H]1CCCN1C(=O)CN1CCC[C@H](NS(=O)(=O)c2ccc(-c3ccc(Cl)s3)s2)C1=O)c1cnc2n(c1=O)CCS2. The molecular weight excluding hydrogens is 668 g/mol. The van der Waals surface area contributed by atoms with E-state index in [-0.39, 0.29) is 40.4 Å². The summed E-state index contributed by atoms with van der Waals surface area (Å²) in [6, 6.07) is 5.54. The molecular formula is C27H29ClN6O6S4. The zero-order valence-electron chi connectivity index (χ0n) is 23.4. The first-order valence-corrected chi connectivity index (χ1v) is 18.6. The fourth-order valence-electron chi connectivity index (χ4n) is 5.61. The molecule has 3 aromatic rings. The zero-order valence-corrected chi connectivity index (χ0v) is 27.4. The lowest BCUT2D eigenvalue weighted by molar-refractivity contribution is -0.143.